The van der Waals surface area contributed by atoms with E-state index in [0.29, 0.717) is 34.4 Å². The minimum absolute atomic E-state index is 0.0820. The van der Waals surface area contributed by atoms with Crippen molar-refractivity contribution in [2.45, 2.75) is 13.3 Å². The molecule has 0 fully saturated rings. The first kappa shape index (κ1) is 19.7. The third kappa shape index (κ3) is 3.92. The van der Waals surface area contributed by atoms with Gasteiger partial charge in [-0.1, -0.05) is 24.2 Å². The second-order valence-electron chi connectivity index (χ2n) is 6.62. The number of nitrogens with one attached hydrogen (secondary N) is 4. The van der Waals surface area contributed by atoms with Crippen molar-refractivity contribution >= 4 is 34.1 Å². The number of aromatic nitrogens is 3. The maximum absolute atomic E-state index is 12.9. The van der Waals surface area contributed by atoms with Crippen molar-refractivity contribution in [3.63, 3.8) is 0 Å². The Balaban J connectivity index is 1.68. The van der Waals surface area contributed by atoms with Crippen molar-refractivity contribution in [1.29, 1.82) is 5.26 Å². The maximum Gasteiger partial charge on any atom is 0.439 e. The molecule has 2 amide bonds. The SMILES string of the molecule is CCC(=O)Nc1cccc2cc(C(=O)Nc3ccc(C#N)cc3-c3noc(=O)[nH]3)[nH]c12. The van der Waals surface area contributed by atoms with Gasteiger partial charge in [-0.3, -0.25) is 19.1 Å². The lowest BCUT2D eigenvalue weighted by Crippen LogP contribution is -2.13. The number of H-pyrrole nitrogens is 2. The molecule has 0 aliphatic carbocycles. The van der Waals surface area contributed by atoms with E-state index in [4.69, 9.17) is 5.26 Å². The summed E-state index contributed by atoms with van der Waals surface area (Å²) in [5, 5.41) is 19.1. The number of para-hydroxylation sites is 1. The molecule has 0 atom stereocenters. The molecule has 2 aromatic carbocycles. The van der Waals surface area contributed by atoms with Crippen LogP contribution in [0.5, 0.6) is 0 Å². The van der Waals surface area contributed by atoms with Gasteiger partial charge in [-0.25, -0.2) is 4.79 Å². The van der Waals surface area contributed by atoms with Crippen LogP contribution in [0.4, 0.5) is 11.4 Å². The molecule has 0 saturated carbocycles. The van der Waals surface area contributed by atoms with Crippen LogP contribution in [0.25, 0.3) is 22.3 Å². The number of benzene rings is 2. The van der Waals surface area contributed by atoms with Gasteiger partial charge in [0.25, 0.3) is 5.91 Å². The van der Waals surface area contributed by atoms with E-state index in [1.165, 1.54) is 18.2 Å². The first-order valence-electron chi connectivity index (χ1n) is 9.32. The van der Waals surface area contributed by atoms with Crippen molar-refractivity contribution in [3.8, 4) is 17.5 Å². The van der Waals surface area contributed by atoms with E-state index in [-0.39, 0.29) is 17.4 Å². The fraction of sp³-hybridized carbons (Fsp3) is 0.0952. The van der Waals surface area contributed by atoms with Crippen LogP contribution in [0.1, 0.15) is 29.4 Å². The average Bonchev–Trinajstić information content (AvgIpc) is 3.41. The Morgan fingerprint density at radius 1 is 1.13 bits per heavy atom. The second-order valence-corrected chi connectivity index (χ2v) is 6.62. The normalized spacial score (nSPS) is 10.6. The number of rotatable bonds is 5. The molecular formula is C21H16N6O4. The van der Waals surface area contributed by atoms with Crippen molar-refractivity contribution < 1.29 is 14.1 Å². The smallest absolute Gasteiger partial charge is 0.349 e. The van der Waals surface area contributed by atoms with Crippen LogP contribution in [0.2, 0.25) is 0 Å². The van der Waals surface area contributed by atoms with Crippen molar-refractivity contribution in [3.05, 3.63) is 64.3 Å². The molecule has 0 radical (unpaired) electrons. The van der Waals surface area contributed by atoms with Gasteiger partial charge < -0.3 is 15.6 Å². The summed E-state index contributed by atoms with van der Waals surface area (Å²) in [5.41, 5.74) is 2.42. The lowest BCUT2D eigenvalue weighted by molar-refractivity contribution is -0.115. The van der Waals surface area contributed by atoms with Gasteiger partial charge in [-0.05, 0) is 30.3 Å². The van der Waals surface area contributed by atoms with Crippen LogP contribution in [0.3, 0.4) is 0 Å². The van der Waals surface area contributed by atoms with Gasteiger partial charge in [0, 0.05) is 17.4 Å². The highest BCUT2D eigenvalue weighted by molar-refractivity contribution is 6.09. The molecule has 10 nitrogen and oxygen atoms in total. The molecule has 10 heteroatoms. The van der Waals surface area contributed by atoms with Crippen LogP contribution in [-0.4, -0.2) is 26.9 Å². The third-order valence-electron chi connectivity index (χ3n) is 4.59. The number of hydrogen-bond acceptors (Lipinski definition) is 6. The molecule has 0 aliphatic rings. The molecule has 2 heterocycles. The summed E-state index contributed by atoms with van der Waals surface area (Å²) in [6, 6.07) is 13.5. The third-order valence-corrected chi connectivity index (χ3v) is 4.59. The molecule has 154 valence electrons. The molecule has 0 spiro atoms. The van der Waals surface area contributed by atoms with Crippen LogP contribution in [0.15, 0.2) is 51.8 Å². The Morgan fingerprint density at radius 2 is 1.97 bits per heavy atom. The topological polar surface area (TPSA) is 157 Å². The number of nitriles is 1. The van der Waals surface area contributed by atoms with Gasteiger partial charge in [0.15, 0.2) is 5.82 Å². The summed E-state index contributed by atoms with van der Waals surface area (Å²) >= 11 is 0. The summed E-state index contributed by atoms with van der Waals surface area (Å²) < 4.78 is 4.53. The van der Waals surface area contributed by atoms with Crippen LogP contribution < -0.4 is 16.4 Å². The fourth-order valence-corrected chi connectivity index (χ4v) is 3.08. The molecule has 0 aliphatic heterocycles. The number of amides is 2. The largest absolute Gasteiger partial charge is 0.439 e. The second kappa shape index (κ2) is 8.00. The average molecular weight is 416 g/mol. The quantitative estimate of drug-likeness (QED) is 0.392. The summed E-state index contributed by atoms with van der Waals surface area (Å²) in [4.78, 5) is 41.4. The Morgan fingerprint density at radius 3 is 2.68 bits per heavy atom. The van der Waals surface area contributed by atoms with E-state index in [0.717, 1.165) is 5.39 Å². The zero-order chi connectivity index (χ0) is 22.0. The lowest BCUT2D eigenvalue weighted by atomic mass is 10.1. The number of anilines is 2. The fourth-order valence-electron chi connectivity index (χ4n) is 3.08. The predicted octanol–water partition coefficient (Wildman–Crippen LogP) is 2.98. The van der Waals surface area contributed by atoms with Crippen LogP contribution in [0, 0.1) is 11.3 Å². The minimum Gasteiger partial charge on any atom is -0.349 e. The molecule has 4 rings (SSSR count). The predicted molar refractivity (Wildman–Crippen MR) is 112 cm³/mol. The van der Waals surface area contributed by atoms with Crippen molar-refractivity contribution in [2.75, 3.05) is 10.6 Å². The van der Waals surface area contributed by atoms with Gasteiger partial charge in [0.05, 0.1) is 28.5 Å². The van der Waals surface area contributed by atoms with Crippen molar-refractivity contribution in [1.82, 2.24) is 15.1 Å². The van der Waals surface area contributed by atoms with Gasteiger partial charge in [0.2, 0.25) is 5.91 Å². The molecule has 0 bridgehead atoms. The summed E-state index contributed by atoms with van der Waals surface area (Å²) in [5.74, 6) is -1.27. The summed E-state index contributed by atoms with van der Waals surface area (Å²) in [7, 11) is 0. The van der Waals surface area contributed by atoms with E-state index in [1.807, 2.05) is 12.1 Å². The molecule has 4 N–H and O–H groups in total. The number of carbonyl (C=O) groups excluding carboxylic acids is 2. The van der Waals surface area contributed by atoms with Crippen molar-refractivity contribution in [2.24, 2.45) is 0 Å². The monoisotopic (exact) mass is 416 g/mol. The molecular weight excluding hydrogens is 400 g/mol. The highest BCUT2D eigenvalue weighted by Gasteiger charge is 2.17. The van der Waals surface area contributed by atoms with Crippen LogP contribution in [-0.2, 0) is 4.79 Å². The van der Waals surface area contributed by atoms with E-state index in [9.17, 15) is 14.4 Å². The first-order valence-corrected chi connectivity index (χ1v) is 9.32. The zero-order valence-corrected chi connectivity index (χ0v) is 16.3. The molecule has 0 saturated heterocycles. The first-order chi connectivity index (χ1) is 15.0. The molecule has 0 unspecified atom stereocenters. The van der Waals surface area contributed by atoms with Gasteiger partial charge in [-0.2, -0.15) is 5.26 Å². The molecule has 31 heavy (non-hydrogen) atoms. The zero-order valence-electron chi connectivity index (χ0n) is 16.3. The number of fused-ring (bicyclic) bond motifs is 1. The molecule has 4 aromatic rings. The number of nitrogens with zero attached hydrogens (tertiary/aromatic N) is 2. The van der Waals surface area contributed by atoms with Crippen LogP contribution >= 0.6 is 0 Å². The molecule has 2 aromatic heterocycles. The minimum atomic E-state index is -0.757. The Labute approximate surface area is 174 Å². The van der Waals surface area contributed by atoms with Gasteiger partial charge >= 0.3 is 5.76 Å². The standard InChI is InChI=1S/C21H16N6O4/c1-2-17(28)23-15-5-3-4-12-9-16(24-18(12)15)20(29)25-14-7-6-11(10-22)8-13(14)19-26-21(30)31-27-19/h3-9,24H,2H2,1H3,(H,23,28)(H,25,29)(H,26,27,30). The Kier molecular flexibility index (Phi) is 5.07. The van der Waals surface area contributed by atoms with E-state index in [1.54, 1.807) is 25.1 Å². The number of carbonyl (C=O) groups is 2. The number of hydrogen-bond donors (Lipinski definition) is 4. The maximum atomic E-state index is 12.9. The number of aromatic amines is 2. The van der Waals surface area contributed by atoms with E-state index < -0.39 is 11.7 Å². The highest BCUT2D eigenvalue weighted by atomic mass is 16.5. The van der Waals surface area contributed by atoms with Gasteiger partial charge in [0.1, 0.15) is 5.69 Å². The Hall–Kier alpha value is -4.65. The Bertz CT molecular complexity index is 1410. The summed E-state index contributed by atoms with van der Waals surface area (Å²) in [6.07, 6.45) is 0.329. The van der Waals surface area contributed by atoms with E-state index in [2.05, 4.69) is 30.3 Å². The van der Waals surface area contributed by atoms with E-state index >= 15 is 0 Å². The lowest BCUT2D eigenvalue weighted by Gasteiger charge is -2.09. The van der Waals surface area contributed by atoms with Gasteiger partial charge in [-0.15, -0.1) is 0 Å². The summed E-state index contributed by atoms with van der Waals surface area (Å²) in [6.45, 7) is 1.75. The highest BCUT2D eigenvalue weighted by Crippen LogP contribution is 2.28.